The average Bonchev–Trinajstić information content (AvgIpc) is 3.84. The quantitative estimate of drug-likeness (QED) is 0.186. The van der Waals surface area contributed by atoms with Crippen LogP contribution in [0.4, 0.5) is 17.1 Å². The third kappa shape index (κ3) is 4.51. The summed E-state index contributed by atoms with van der Waals surface area (Å²) in [4.78, 5) is 7.24. The third-order valence-electron chi connectivity index (χ3n) is 9.07. The molecule has 0 saturated carbocycles. The topological polar surface area (TPSA) is 29.3 Å². The van der Waals surface area contributed by atoms with Gasteiger partial charge in [-0.05, 0) is 77.9 Å². The van der Waals surface area contributed by atoms with Crippen molar-refractivity contribution in [1.29, 1.82) is 0 Å². The van der Waals surface area contributed by atoms with Gasteiger partial charge in [-0.1, -0.05) is 84.9 Å². The Morgan fingerprint density at radius 3 is 1.92 bits per heavy atom. The van der Waals surface area contributed by atoms with E-state index in [0.717, 1.165) is 33.7 Å². The molecule has 10 rings (SSSR count). The molecule has 0 saturated heterocycles. The molecule has 0 amide bonds. The smallest absolute Gasteiger partial charge is 0.227 e. The van der Waals surface area contributed by atoms with Crippen molar-refractivity contribution in [3.05, 3.63) is 158 Å². The molecule has 0 radical (unpaired) electrons. The molecule has 0 atom stereocenters. The maximum absolute atomic E-state index is 6.23. The second-order valence-corrected chi connectivity index (χ2v) is 14.2. The summed E-state index contributed by atoms with van der Waals surface area (Å²) in [5, 5.41) is 5.00. The molecule has 226 valence electrons. The minimum absolute atomic E-state index is 0.651. The Kier molecular flexibility index (Phi) is 6.22. The van der Waals surface area contributed by atoms with Crippen molar-refractivity contribution in [3.63, 3.8) is 0 Å². The number of thiophene rings is 2. The van der Waals surface area contributed by atoms with E-state index in [4.69, 9.17) is 9.40 Å². The minimum Gasteiger partial charge on any atom is -0.436 e. The zero-order valence-corrected chi connectivity index (χ0v) is 27.3. The van der Waals surface area contributed by atoms with Crippen LogP contribution in [0.15, 0.2) is 162 Å². The van der Waals surface area contributed by atoms with Crippen LogP contribution in [0.5, 0.6) is 0 Å². The Morgan fingerprint density at radius 2 is 1.04 bits per heavy atom. The van der Waals surface area contributed by atoms with Gasteiger partial charge in [-0.2, -0.15) is 0 Å². The number of rotatable bonds is 5. The first-order valence-electron chi connectivity index (χ1n) is 15.9. The normalized spacial score (nSPS) is 11.8. The molecular weight excluding hydrogens is 625 g/mol. The highest BCUT2D eigenvalue weighted by molar-refractivity contribution is 7.26. The van der Waals surface area contributed by atoms with E-state index >= 15 is 0 Å². The lowest BCUT2D eigenvalue weighted by Crippen LogP contribution is -2.09. The zero-order valence-electron chi connectivity index (χ0n) is 25.6. The van der Waals surface area contributed by atoms with Gasteiger partial charge in [-0.3, -0.25) is 0 Å². The van der Waals surface area contributed by atoms with Crippen LogP contribution < -0.4 is 4.90 Å². The maximum atomic E-state index is 6.23. The van der Waals surface area contributed by atoms with Crippen molar-refractivity contribution >= 4 is 91.2 Å². The molecule has 0 spiro atoms. The van der Waals surface area contributed by atoms with Crippen LogP contribution >= 0.6 is 22.7 Å². The number of benzene rings is 7. The van der Waals surface area contributed by atoms with Gasteiger partial charge in [0.25, 0.3) is 0 Å². The molecule has 5 heteroatoms. The van der Waals surface area contributed by atoms with Gasteiger partial charge in [-0.25, -0.2) is 4.98 Å². The Balaban J connectivity index is 1.14. The molecular formula is C43H26N2OS2. The van der Waals surface area contributed by atoms with Crippen molar-refractivity contribution < 1.29 is 4.42 Å². The van der Waals surface area contributed by atoms with E-state index in [1.54, 1.807) is 11.3 Å². The van der Waals surface area contributed by atoms with Gasteiger partial charge >= 0.3 is 0 Å². The molecule has 48 heavy (non-hydrogen) atoms. The molecule has 0 N–H and O–H groups in total. The summed E-state index contributed by atoms with van der Waals surface area (Å²) in [5.74, 6) is 0.651. The van der Waals surface area contributed by atoms with Crippen molar-refractivity contribution in [1.82, 2.24) is 4.98 Å². The summed E-state index contributed by atoms with van der Waals surface area (Å²) >= 11 is 3.65. The van der Waals surface area contributed by atoms with Crippen molar-refractivity contribution in [3.8, 4) is 22.6 Å². The molecule has 3 heterocycles. The van der Waals surface area contributed by atoms with E-state index in [2.05, 4.69) is 132 Å². The molecule has 7 aromatic carbocycles. The Bertz CT molecular complexity index is 2790. The average molecular weight is 651 g/mol. The Labute approximate surface area is 284 Å². The molecule has 3 nitrogen and oxygen atoms in total. The summed E-state index contributed by atoms with van der Waals surface area (Å²) in [6, 6.07) is 56.3. The van der Waals surface area contributed by atoms with Gasteiger partial charge in [-0.15, -0.1) is 22.7 Å². The predicted octanol–water partition coefficient (Wildman–Crippen LogP) is 13.4. The summed E-state index contributed by atoms with van der Waals surface area (Å²) in [6.07, 6.45) is 0. The van der Waals surface area contributed by atoms with Gasteiger partial charge in [0.2, 0.25) is 5.89 Å². The van der Waals surface area contributed by atoms with Gasteiger partial charge in [0.15, 0.2) is 5.58 Å². The highest BCUT2D eigenvalue weighted by atomic mass is 32.1. The second-order valence-electron chi connectivity index (χ2n) is 12.0. The third-order valence-corrected chi connectivity index (χ3v) is 11.3. The number of anilines is 3. The van der Waals surface area contributed by atoms with Gasteiger partial charge < -0.3 is 9.32 Å². The van der Waals surface area contributed by atoms with Crippen LogP contribution in [-0.4, -0.2) is 4.98 Å². The minimum atomic E-state index is 0.651. The summed E-state index contributed by atoms with van der Waals surface area (Å²) < 4.78 is 11.3. The Morgan fingerprint density at radius 1 is 0.417 bits per heavy atom. The van der Waals surface area contributed by atoms with Gasteiger partial charge in [0.05, 0.1) is 0 Å². The van der Waals surface area contributed by atoms with E-state index in [1.165, 1.54) is 51.5 Å². The lowest BCUT2D eigenvalue weighted by molar-refractivity contribution is 0.620. The van der Waals surface area contributed by atoms with E-state index in [-0.39, 0.29) is 0 Å². The van der Waals surface area contributed by atoms with E-state index in [9.17, 15) is 0 Å². The number of fused-ring (bicyclic) bond motifs is 7. The monoisotopic (exact) mass is 650 g/mol. The van der Waals surface area contributed by atoms with Crippen molar-refractivity contribution in [2.24, 2.45) is 0 Å². The predicted molar refractivity (Wildman–Crippen MR) is 205 cm³/mol. The van der Waals surface area contributed by atoms with Crippen LogP contribution in [0.2, 0.25) is 0 Å². The first-order chi connectivity index (χ1) is 23.7. The second kappa shape index (κ2) is 10.9. The van der Waals surface area contributed by atoms with Crippen LogP contribution in [0, 0.1) is 0 Å². The number of hydrogen-bond acceptors (Lipinski definition) is 5. The van der Waals surface area contributed by atoms with Crippen LogP contribution in [0.1, 0.15) is 0 Å². The number of nitrogens with zero attached hydrogens (tertiary/aromatic N) is 2. The standard InChI is InChI=1S/C43H26N2OS2/c1-3-10-27(11-4-1)29-14-9-15-30(22-29)45(31-19-21-40-35(23-31)33-16-7-8-17-39(33)47-40)32-18-20-34-36-25-37-38(26-42(36)48-41(34)24-32)46-43(44-37)28-12-5-2-6-13-28/h1-26H. The van der Waals surface area contributed by atoms with Crippen molar-refractivity contribution in [2.45, 2.75) is 0 Å². The highest BCUT2D eigenvalue weighted by Gasteiger charge is 2.18. The van der Waals surface area contributed by atoms with Gasteiger partial charge in [0.1, 0.15) is 5.52 Å². The molecule has 0 fully saturated rings. The largest absolute Gasteiger partial charge is 0.436 e. The SMILES string of the molecule is c1ccc(-c2cccc(N(c3ccc4c(c3)sc3cc5oc(-c6ccccc6)nc5cc34)c3ccc4sc5ccccc5c4c3)c2)cc1. The zero-order chi connectivity index (χ0) is 31.6. The van der Waals surface area contributed by atoms with Crippen molar-refractivity contribution in [2.75, 3.05) is 4.90 Å². The Hall–Kier alpha value is -5.75. The number of hydrogen-bond donors (Lipinski definition) is 0. The molecule has 3 aromatic heterocycles. The highest BCUT2D eigenvalue weighted by Crippen LogP contribution is 2.44. The first kappa shape index (κ1) is 27.4. The van der Waals surface area contributed by atoms with Crippen LogP contribution in [0.25, 0.3) is 74.0 Å². The fourth-order valence-corrected chi connectivity index (χ4v) is 9.02. The van der Waals surface area contributed by atoms with Gasteiger partial charge in [0, 0.05) is 69.0 Å². The summed E-state index contributed by atoms with van der Waals surface area (Å²) in [7, 11) is 0. The lowest BCUT2D eigenvalue weighted by Gasteiger charge is -2.26. The molecule has 10 aromatic rings. The lowest BCUT2D eigenvalue weighted by atomic mass is 10.0. The van der Waals surface area contributed by atoms with E-state index in [0.29, 0.717) is 5.89 Å². The fourth-order valence-electron chi connectivity index (χ4n) is 6.79. The van der Waals surface area contributed by atoms with Crippen LogP contribution in [0.3, 0.4) is 0 Å². The number of oxazole rings is 1. The summed E-state index contributed by atoms with van der Waals surface area (Å²) in [6.45, 7) is 0. The molecule has 0 bridgehead atoms. The number of aromatic nitrogens is 1. The fraction of sp³-hybridized carbons (Fsp3) is 0. The molecule has 0 aliphatic carbocycles. The van der Waals surface area contributed by atoms with E-state index in [1.807, 2.05) is 41.7 Å². The van der Waals surface area contributed by atoms with Crippen LogP contribution in [-0.2, 0) is 0 Å². The maximum Gasteiger partial charge on any atom is 0.227 e. The first-order valence-corrected chi connectivity index (χ1v) is 17.6. The summed E-state index contributed by atoms with van der Waals surface area (Å²) in [5.41, 5.74) is 8.42. The molecule has 0 aliphatic rings. The van der Waals surface area contributed by atoms with E-state index < -0.39 is 0 Å². The molecule has 0 aliphatic heterocycles. The molecule has 0 unspecified atom stereocenters.